The monoisotopic (exact) mass is 484 g/mol. The summed E-state index contributed by atoms with van der Waals surface area (Å²) in [6.45, 7) is -1.44. The van der Waals surface area contributed by atoms with Crippen molar-refractivity contribution in [3.8, 4) is 34.1 Å². The number of methoxy groups -OCH3 is 1. The molecule has 0 saturated carbocycles. The lowest BCUT2D eigenvalue weighted by Crippen LogP contribution is -2.17. The molecule has 0 bridgehead atoms. The molecular formula is C25H22F2N2O6. The van der Waals surface area contributed by atoms with Crippen molar-refractivity contribution in [1.29, 1.82) is 0 Å². The van der Waals surface area contributed by atoms with Gasteiger partial charge in [0.15, 0.2) is 18.1 Å². The fraction of sp³-hybridized carbons (Fsp3) is 0.200. The van der Waals surface area contributed by atoms with Gasteiger partial charge in [-0.1, -0.05) is 17.3 Å². The number of rotatable bonds is 9. The van der Waals surface area contributed by atoms with Crippen molar-refractivity contribution in [3.05, 3.63) is 66.2 Å². The molecule has 3 aromatic rings. The molecule has 1 aliphatic heterocycles. The van der Waals surface area contributed by atoms with E-state index in [1.807, 2.05) is 0 Å². The Hall–Kier alpha value is -4.34. The van der Waals surface area contributed by atoms with Gasteiger partial charge < -0.3 is 29.1 Å². The highest BCUT2D eigenvalue weighted by atomic mass is 19.3. The maximum absolute atomic E-state index is 12.9. The molecule has 182 valence electrons. The Kier molecular flexibility index (Phi) is 7.30. The molecule has 0 fully saturated rings. The second-order valence-electron chi connectivity index (χ2n) is 7.38. The van der Waals surface area contributed by atoms with E-state index >= 15 is 0 Å². The van der Waals surface area contributed by atoms with Crippen LogP contribution in [0.15, 0.2) is 65.8 Å². The maximum Gasteiger partial charge on any atom is 0.387 e. The van der Waals surface area contributed by atoms with Gasteiger partial charge in [-0.2, -0.15) is 8.78 Å². The summed E-state index contributed by atoms with van der Waals surface area (Å²) >= 11 is 0. The van der Waals surface area contributed by atoms with Crippen LogP contribution in [0.2, 0.25) is 0 Å². The zero-order valence-corrected chi connectivity index (χ0v) is 18.9. The van der Waals surface area contributed by atoms with E-state index < -0.39 is 12.5 Å². The topological polar surface area (TPSA) is 87.6 Å². The average molecular weight is 484 g/mol. The summed E-state index contributed by atoms with van der Waals surface area (Å²) in [7, 11) is 1.53. The first-order valence-corrected chi connectivity index (χ1v) is 10.5. The molecule has 0 saturated heterocycles. The summed E-state index contributed by atoms with van der Waals surface area (Å²) < 4.78 is 46.2. The Bertz CT molecular complexity index is 1230. The third-order valence-corrected chi connectivity index (χ3v) is 5.07. The molecule has 35 heavy (non-hydrogen) atoms. The van der Waals surface area contributed by atoms with E-state index in [0.29, 0.717) is 39.8 Å². The van der Waals surface area contributed by atoms with Crippen molar-refractivity contribution in [1.82, 2.24) is 0 Å². The Labute approximate surface area is 200 Å². The van der Waals surface area contributed by atoms with Gasteiger partial charge in [-0.05, 0) is 61.0 Å². The van der Waals surface area contributed by atoms with E-state index in [2.05, 4.69) is 15.2 Å². The second kappa shape index (κ2) is 10.7. The number of nitrogens with zero attached hydrogens (tertiary/aromatic N) is 1. The fourth-order valence-corrected chi connectivity index (χ4v) is 3.36. The minimum Gasteiger partial charge on any atom is -0.497 e. The number of hydrogen-bond donors (Lipinski definition) is 1. The summed E-state index contributed by atoms with van der Waals surface area (Å²) in [5.74, 6) is 1.38. The summed E-state index contributed by atoms with van der Waals surface area (Å²) in [5, 5.41) is 6.64. The first-order chi connectivity index (χ1) is 16.9. The van der Waals surface area contributed by atoms with Gasteiger partial charge in [0.05, 0.1) is 12.8 Å². The standard InChI is InChI=1S/C25H22F2N2O6/c1-15(17-5-9-22-23(11-17)33-14-32-22)29-34-13-24(30)28-18-6-10-21(35-25(26)27)20(12-18)16-3-7-19(31-2)8-4-16/h3-12,25H,13-14H2,1-2H3,(H,28,30)/b29-15+. The van der Waals surface area contributed by atoms with Crippen LogP contribution in [0.4, 0.5) is 14.5 Å². The number of oxime groups is 1. The molecule has 0 aliphatic carbocycles. The molecule has 0 unspecified atom stereocenters. The van der Waals surface area contributed by atoms with E-state index in [4.69, 9.17) is 19.0 Å². The normalized spacial score (nSPS) is 12.4. The van der Waals surface area contributed by atoms with Crippen molar-refractivity contribution in [2.45, 2.75) is 13.5 Å². The van der Waals surface area contributed by atoms with Crippen LogP contribution in [-0.2, 0) is 9.63 Å². The molecule has 1 N–H and O–H groups in total. The predicted molar refractivity (Wildman–Crippen MR) is 124 cm³/mol. The number of carbonyl (C=O) groups is 1. The first kappa shape index (κ1) is 23.8. The minimum absolute atomic E-state index is 0.0247. The SMILES string of the molecule is COc1ccc(-c2cc(NC(=O)CO/N=C(\C)c3ccc4c(c3)OCO4)ccc2OC(F)F)cc1. The molecule has 8 nitrogen and oxygen atoms in total. The first-order valence-electron chi connectivity index (χ1n) is 10.5. The number of amides is 1. The Morgan fingerprint density at radius 3 is 2.57 bits per heavy atom. The Morgan fingerprint density at radius 2 is 1.83 bits per heavy atom. The molecule has 1 amide bonds. The van der Waals surface area contributed by atoms with Crippen LogP contribution in [-0.4, -0.2) is 38.7 Å². The number of hydrogen-bond acceptors (Lipinski definition) is 7. The van der Waals surface area contributed by atoms with Gasteiger partial charge in [0.25, 0.3) is 5.91 Å². The van der Waals surface area contributed by atoms with Crippen molar-refractivity contribution < 1.29 is 37.4 Å². The van der Waals surface area contributed by atoms with Crippen LogP contribution >= 0.6 is 0 Å². The van der Waals surface area contributed by atoms with E-state index in [-0.39, 0.29) is 19.1 Å². The minimum atomic E-state index is -2.99. The van der Waals surface area contributed by atoms with Gasteiger partial charge in [0, 0.05) is 16.8 Å². The van der Waals surface area contributed by atoms with Crippen LogP contribution in [0.3, 0.4) is 0 Å². The molecule has 0 radical (unpaired) electrons. The highest BCUT2D eigenvalue weighted by Gasteiger charge is 2.15. The molecule has 1 heterocycles. The number of nitrogens with one attached hydrogen (secondary N) is 1. The molecule has 1 aliphatic rings. The average Bonchev–Trinajstić information content (AvgIpc) is 3.33. The van der Waals surface area contributed by atoms with Crippen molar-refractivity contribution >= 4 is 17.3 Å². The zero-order valence-electron chi connectivity index (χ0n) is 18.9. The van der Waals surface area contributed by atoms with Crippen molar-refractivity contribution in [2.75, 3.05) is 25.8 Å². The number of anilines is 1. The number of carbonyl (C=O) groups excluding carboxylic acids is 1. The smallest absolute Gasteiger partial charge is 0.387 e. The van der Waals surface area contributed by atoms with Gasteiger partial charge in [-0.3, -0.25) is 4.79 Å². The fourth-order valence-electron chi connectivity index (χ4n) is 3.36. The van der Waals surface area contributed by atoms with E-state index in [9.17, 15) is 13.6 Å². The number of benzene rings is 3. The highest BCUT2D eigenvalue weighted by Crippen LogP contribution is 2.35. The third-order valence-electron chi connectivity index (χ3n) is 5.07. The summed E-state index contributed by atoms with van der Waals surface area (Å²) in [6.07, 6.45) is 0. The van der Waals surface area contributed by atoms with Crippen LogP contribution in [0, 0.1) is 0 Å². The quantitative estimate of drug-likeness (QED) is 0.337. The van der Waals surface area contributed by atoms with E-state index in [1.54, 1.807) is 55.5 Å². The largest absolute Gasteiger partial charge is 0.497 e. The van der Waals surface area contributed by atoms with Gasteiger partial charge in [-0.25, -0.2) is 0 Å². The lowest BCUT2D eigenvalue weighted by atomic mass is 10.0. The number of alkyl halides is 2. The summed E-state index contributed by atoms with van der Waals surface area (Å²) in [6, 6.07) is 16.5. The maximum atomic E-state index is 12.9. The number of fused-ring (bicyclic) bond motifs is 1. The summed E-state index contributed by atoms with van der Waals surface area (Å²) in [5.41, 5.74) is 2.67. The molecule has 0 spiro atoms. The van der Waals surface area contributed by atoms with Gasteiger partial charge in [0.1, 0.15) is 11.5 Å². The molecule has 0 aromatic heterocycles. The Morgan fingerprint density at radius 1 is 1.06 bits per heavy atom. The highest BCUT2D eigenvalue weighted by molar-refractivity contribution is 5.99. The van der Waals surface area contributed by atoms with Gasteiger partial charge in [0.2, 0.25) is 6.79 Å². The van der Waals surface area contributed by atoms with Crippen molar-refractivity contribution in [2.24, 2.45) is 5.16 Å². The number of ether oxygens (including phenoxy) is 4. The van der Waals surface area contributed by atoms with E-state index in [0.717, 1.165) is 5.56 Å². The van der Waals surface area contributed by atoms with Gasteiger partial charge in [-0.15, -0.1) is 0 Å². The zero-order chi connectivity index (χ0) is 24.8. The molecule has 3 aromatic carbocycles. The third kappa shape index (κ3) is 5.97. The lowest BCUT2D eigenvalue weighted by molar-refractivity contribution is -0.120. The van der Waals surface area contributed by atoms with Crippen LogP contribution in [0.5, 0.6) is 23.0 Å². The van der Waals surface area contributed by atoms with Gasteiger partial charge >= 0.3 is 6.61 Å². The van der Waals surface area contributed by atoms with Crippen LogP contribution < -0.4 is 24.3 Å². The molecule has 10 heteroatoms. The molecule has 4 rings (SSSR count). The van der Waals surface area contributed by atoms with Crippen LogP contribution in [0.25, 0.3) is 11.1 Å². The lowest BCUT2D eigenvalue weighted by Gasteiger charge is -2.14. The molecule has 0 atom stereocenters. The number of halogens is 2. The summed E-state index contributed by atoms with van der Waals surface area (Å²) in [4.78, 5) is 17.6. The Balaban J connectivity index is 1.42. The van der Waals surface area contributed by atoms with Crippen LogP contribution in [0.1, 0.15) is 12.5 Å². The molecular weight excluding hydrogens is 462 g/mol. The predicted octanol–water partition coefficient (Wildman–Crippen LogP) is 5.07. The second-order valence-corrected chi connectivity index (χ2v) is 7.38. The van der Waals surface area contributed by atoms with Crippen molar-refractivity contribution in [3.63, 3.8) is 0 Å². The van der Waals surface area contributed by atoms with E-state index in [1.165, 1.54) is 19.2 Å².